The molecule has 0 unspecified atom stereocenters. The number of nitrogens with one attached hydrogen (secondary N) is 1. The van der Waals surface area contributed by atoms with Gasteiger partial charge in [0.25, 0.3) is 0 Å². The Morgan fingerprint density at radius 3 is 2.57 bits per heavy atom. The fourth-order valence-corrected chi connectivity index (χ4v) is 3.08. The summed E-state index contributed by atoms with van der Waals surface area (Å²) in [6.07, 6.45) is 2.61. The molecule has 2 heterocycles. The maximum absolute atomic E-state index is 5.47. The predicted molar refractivity (Wildman–Crippen MR) is 86.7 cm³/mol. The molecule has 1 aliphatic heterocycles. The molecule has 1 aromatic rings. The lowest BCUT2D eigenvalue weighted by Crippen LogP contribution is -2.38. The Labute approximate surface area is 128 Å². The Bertz CT molecular complexity index is 447. The molecule has 1 aliphatic rings. The minimum atomic E-state index is 0.415. The summed E-state index contributed by atoms with van der Waals surface area (Å²) in [4.78, 5) is 2.46. The summed E-state index contributed by atoms with van der Waals surface area (Å²) < 4.78 is 7.51. The van der Waals surface area contributed by atoms with E-state index in [9.17, 15) is 0 Å². The van der Waals surface area contributed by atoms with Gasteiger partial charge >= 0.3 is 0 Å². The zero-order valence-electron chi connectivity index (χ0n) is 14.1. The first-order chi connectivity index (χ1) is 10.0. The molecule has 1 aromatic heterocycles. The van der Waals surface area contributed by atoms with Crippen LogP contribution < -0.4 is 10.2 Å². The Kier molecular flexibility index (Phi) is 5.65. The monoisotopic (exact) mass is 294 g/mol. The molecular formula is C16H30N4O. The van der Waals surface area contributed by atoms with Crippen molar-refractivity contribution in [3.8, 4) is 0 Å². The van der Waals surface area contributed by atoms with Crippen molar-refractivity contribution < 1.29 is 4.74 Å². The first-order valence-corrected chi connectivity index (χ1v) is 8.03. The third kappa shape index (κ3) is 3.98. The van der Waals surface area contributed by atoms with Crippen LogP contribution in [0.4, 0.5) is 5.82 Å². The summed E-state index contributed by atoms with van der Waals surface area (Å²) in [5.41, 5.74) is 2.48. The molecule has 5 heteroatoms. The van der Waals surface area contributed by atoms with E-state index >= 15 is 0 Å². The van der Waals surface area contributed by atoms with Crippen molar-refractivity contribution in [3.05, 3.63) is 11.3 Å². The van der Waals surface area contributed by atoms with Gasteiger partial charge in [0.15, 0.2) is 0 Å². The largest absolute Gasteiger partial charge is 0.381 e. The fourth-order valence-electron chi connectivity index (χ4n) is 3.08. The molecule has 5 nitrogen and oxygen atoms in total. The molecule has 1 saturated heterocycles. The molecule has 1 fully saturated rings. The molecule has 0 aromatic carbocycles. The molecule has 2 rings (SSSR count). The average molecular weight is 294 g/mol. The van der Waals surface area contributed by atoms with Gasteiger partial charge < -0.3 is 15.0 Å². The van der Waals surface area contributed by atoms with Crippen LogP contribution >= 0.6 is 0 Å². The van der Waals surface area contributed by atoms with Crippen LogP contribution in [0.25, 0.3) is 0 Å². The van der Waals surface area contributed by atoms with E-state index in [0.29, 0.717) is 12.0 Å². The molecule has 0 amide bonds. The maximum atomic E-state index is 5.47. The van der Waals surface area contributed by atoms with Crippen LogP contribution in [0.15, 0.2) is 0 Å². The number of hydrogen-bond donors (Lipinski definition) is 1. The zero-order valence-corrected chi connectivity index (χ0v) is 14.1. The summed E-state index contributed by atoms with van der Waals surface area (Å²) in [6.45, 7) is 10.6. The first kappa shape index (κ1) is 16.3. The summed E-state index contributed by atoms with van der Waals surface area (Å²) in [5.74, 6) is 1.95. The van der Waals surface area contributed by atoms with Crippen LogP contribution in [0, 0.1) is 12.8 Å². The molecule has 0 atom stereocenters. The van der Waals surface area contributed by atoms with Gasteiger partial charge in [-0.05, 0) is 32.2 Å². The van der Waals surface area contributed by atoms with Crippen molar-refractivity contribution in [2.24, 2.45) is 13.0 Å². The number of nitrogens with zero attached hydrogens (tertiary/aromatic N) is 3. The lowest BCUT2D eigenvalue weighted by atomic mass is 10.1. The number of rotatable bonds is 6. The highest BCUT2D eigenvalue weighted by Gasteiger charge is 2.24. The maximum Gasteiger partial charge on any atom is 0.131 e. The molecule has 0 saturated carbocycles. The van der Waals surface area contributed by atoms with Gasteiger partial charge in [-0.2, -0.15) is 5.10 Å². The number of hydrogen-bond acceptors (Lipinski definition) is 4. The van der Waals surface area contributed by atoms with Gasteiger partial charge in [0, 0.05) is 39.4 Å². The lowest BCUT2D eigenvalue weighted by molar-refractivity contribution is 0.0816. The summed E-state index contributed by atoms with van der Waals surface area (Å²) in [7, 11) is 3.87. The summed E-state index contributed by atoms with van der Waals surface area (Å²) >= 11 is 0. The second-order valence-corrected chi connectivity index (χ2v) is 6.46. The molecule has 120 valence electrons. The third-order valence-corrected chi connectivity index (χ3v) is 4.24. The SMILES string of the molecule is COC1CCN(c2c(CNCC(C)C)c(C)nn2C)CC1. The highest BCUT2D eigenvalue weighted by atomic mass is 16.5. The topological polar surface area (TPSA) is 42.3 Å². The van der Waals surface area contributed by atoms with Crippen molar-refractivity contribution in [3.63, 3.8) is 0 Å². The minimum absolute atomic E-state index is 0.415. The van der Waals surface area contributed by atoms with Crippen molar-refractivity contribution in [2.75, 3.05) is 31.6 Å². The van der Waals surface area contributed by atoms with Crippen molar-refractivity contribution in [2.45, 2.75) is 46.3 Å². The van der Waals surface area contributed by atoms with E-state index in [1.807, 2.05) is 11.8 Å². The smallest absolute Gasteiger partial charge is 0.131 e. The van der Waals surface area contributed by atoms with Gasteiger partial charge in [-0.25, -0.2) is 0 Å². The Balaban J connectivity index is 2.08. The predicted octanol–water partition coefficient (Wildman–Crippen LogP) is 2.09. The average Bonchev–Trinajstić information content (AvgIpc) is 2.73. The Morgan fingerprint density at radius 2 is 2.00 bits per heavy atom. The van der Waals surface area contributed by atoms with Gasteiger partial charge in [0.1, 0.15) is 5.82 Å². The van der Waals surface area contributed by atoms with E-state index < -0.39 is 0 Å². The van der Waals surface area contributed by atoms with Crippen LogP contribution in [-0.2, 0) is 18.3 Å². The number of piperidine rings is 1. The lowest BCUT2D eigenvalue weighted by Gasteiger charge is -2.33. The standard InChI is InChI=1S/C16H30N4O/c1-12(2)10-17-11-15-13(3)18-19(4)16(15)20-8-6-14(21-5)7-9-20/h12,14,17H,6-11H2,1-5H3. The van der Waals surface area contributed by atoms with E-state index in [1.165, 1.54) is 11.4 Å². The molecule has 0 spiro atoms. The van der Waals surface area contributed by atoms with E-state index in [-0.39, 0.29) is 0 Å². The number of aromatic nitrogens is 2. The normalized spacial score (nSPS) is 17.0. The number of methoxy groups -OCH3 is 1. The van der Waals surface area contributed by atoms with E-state index in [2.05, 4.69) is 43.1 Å². The van der Waals surface area contributed by atoms with Gasteiger partial charge in [-0.3, -0.25) is 4.68 Å². The fraction of sp³-hybridized carbons (Fsp3) is 0.812. The van der Waals surface area contributed by atoms with Crippen molar-refractivity contribution in [1.82, 2.24) is 15.1 Å². The van der Waals surface area contributed by atoms with Crippen LogP contribution in [0.2, 0.25) is 0 Å². The van der Waals surface area contributed by atoms with Crippen LogP contribution in [0.3, 0.4) is 0 Å². The summed E-state index contributed by atoms with van der Waals surface area (Å²) in [6, 6.07) is 0. The van der Waals surface area contributed by atoms with E-state index in [1.54, 1.807) is 0 Å². The molecule has 0 aliphatic carbocycles. The summed E-state index contributed by atoms with van der Waals surface area (Å²) in [5, 5.41) is 8.18. The highest BCUT2D eigenvalue weighted by molar-refractivity contribution is 5.50. The minimum Gasteiger partial charge on any atom is -0.381 e. The first-order valence-electron chi connectivity index (χ1n) is 8.03. The Hall–Kier alpha value is -1.07. The highest BCUT2D eigenvalue weighted by Crippen LogP contribution is 2.26. The quantitative estimate of drug-likeness (QED) is 0.872. The number of aryl methyl sites for hydroxylation is 2. The Morgan fingerprint density at radius 1 is 1.33 bits per heavy atom. The third-order valence-electron chi connectivity index (χ3n) is 4.24. The van der Waals surface area contributed by atoms with Gasteiger partial charge in [0.2, 0.25) is 0 Å². The molecule has 0 bridgehead atoms. The number of ether oxygens (including phenoxy) is 1. The second kappa shape index (κ2) is 7.27. The van der Waals surface area contributed by atoms with Gasteiger partial charge in [-0.1, -0.05) is 13.8 Å². The van der Waals surface area contributed by atoms with Gasteiger partial charge in [0.05, 0.1) is 11.8 Å². The molecular weight excluding hydrogens is 264 g/mol. The van der Waals surface area contributed by atoms with Crippen LogP contribution in [0.5, 0.6) is 0 Å². The molecule has 0 radical (unpaired) electrons. The van der Waals surface area contributed by atoms with Gasteiger partial charge in [-0.15, -0.1) is 0 Å². The van der Waals surface area contributed by atoms with Crippen molar-refractivity contribution in [1.29, 1.82) is 0 Å². The van der Waals surface area contributed by atoms with Crippen LogP contribution in [0.1, 0.15) is 37.9 Å². The van der Waals surface area contributed by atoms with Crippen molar-refractivity contribution >= 4 is 5.82 Å². The second-order valence-electron chi connectivity index (χ2n) is 6.46. The van der Waals surface area contributed by atoms with Crippen LogP contribution in [-0.4, -0.2) is 42.6 Å². The zero-order chi connectivity index (χ0) is 15.4. The molecule has 21 heavy (non-hydrogen) atoms. The van der Waals surface area contributed by atoms with E-state index in [0.717, 1.165) is 44.7 Å². The van der Waals surface area contributed by atoms with E-state index in [4.69, 9.17) is 4.74 Å². The molecule has 1 N–H and O–H groups in total. The number of anilines is 1.